The lowest BCUT2D eigenvalue weighted by atomic mass is 9.81. The Labute approximate surface area is 124 Å². The van der Waals surface area contributed by atoms with E-state index < -0.39 is 38.6 Å². The van der Waals surface area contributed by atoms with E-state index in [1.54, 1.807) is 0 Å². The molecule has 1 N–H and O–H groups in total. The molecule has 0 aromatic carbocycles. The molecule has 0 saturated carbocycles. The molecule has 0 unspecified atom stereocenters. The number of carbonyl (C=O) groups excluding carboxylic acids is 4. The van der Waals surface area contributed by atoms with E-state index in [0.29, 0.717) is 0 Å². The van der Waals surface area contributed by atoms with Gasteiger partial charge in [0.1, 0.15) is 6.04 Å². The van der Waals surface area contributed by atoms with E-state index in [4.69, 9.17) is 0 Å². The largest absolute Gasteiger partial charge is 0.340 e. The summed E-state index contributed by atoms with van der Waals surface area (Å²) in [4.78, 5) is 48.9. The van der Waals surface area contributed by atoms with E-state index in [9.17, 15) is 19.2 Å². The molecule has 3 fully saturated rings. The molecule has 3 atom stereocenters. The van der Waals surface area contributed by atoms with Crippen LogP contribution in [0.1, 0.15) is 0 Å². The van der Waals surface area contributed by atoms with Crippen molar-refractivity contribution < 1.29 is 19.2 Å². The van der Waals surface area contributed by atoms with Crippen LogP contribution in [0.3, 0.4) is 0 Å². The summed E-state index contributed by atoms with van der Waals surface area (Å²) < 4.78 is -2.89. The summed E-state index contributed by atoms with van der Waals surface area (Å²) in [5, 5.41) is 4.59. The van der Waals surface area contributed by atoms with Gasteiger partial charge in [-0.2, -0.15) is 5.01 Å². The fraction of sp³-hybridized carbons (Fsp3) is 0.556. The maximum absolute atomic E-state index is 12.2. The molecular weight excluding hydrogens is 388 g/mol. The van der Waals surface area contributed by atoms with Crippen LogP contribution in [0.2, 0.25) is 0 Å². The molecule has 0 aliphatic carbocycles. The van der Waals surface area contributed by atoms with Gasteiger partial charge in [-0.1, -0.05) is 31.9 Å². The minimum absolute atomic E-state index is 0.542. The molecule has 3 saturated heterocycles. The number of fused-ring (bicyclic) bond motifs is 4. The summed E-state index contributed by atoms with van der Waals surface area (Å²) in [6.45, 7) is 0. The maximum Gasteiger partial charge on any atom is 0.340 e. The number of urea groups is 1. The van der Waals surface area contributed by atoms with Gasteiger partial charge in [0.05, 0.1) is 0 Å². The van der Waals surface area contributed by atoms with Gasteiger partial charge in [0, 0.05) is 14.1 Å². The smallest absolute Gasteiger partial charge is 0.293 e. The van der Waals surface area contributed by atoms with E-state index in [-0.39, 0.29) is 0 Å². The first-order chi connectivity index (χ1) is 8.69. The minimum atomic E-state index is -1.47. The van der Waals surface area contributed by atoms with Gasteiger partial charge in [0.25, 0.3) is 11.8 Å². The third-order valence-corrected chi connectivity index (χ3v) is 6.98. The van der Waals surface area contributed by atoms with Crippen LogP contribution in [0, 0.1) is 0 Å². The van der Waals surface area contributed by atoms with Crippen LogP contribution >= 0.6 is 31.9 Å². The molecule has 0 aromatic rings. The lowest BCUT2D eigenvalue weighted by Crippen LogP contribution is -2.89. The molecule has 3 rings (SSSR count). The van der Waals surface area contributed by atoms with Crippen molar-refractivity contribution in [3.8, 4) is 0 Å². The summed E-state index contributed by atoms with van der Waals surface area (Å²) in [7, 11) is 2.77. The Morgan fingerprint density at radius 2 is 1.68 bits per heavy atom. The SMILES string of the molecule is CN1C(=O)[C@@H]2N(N(C)C1=O)[C@@]1(Br)C(=O)NC(=O)[C@@]21Br. The van der Waals surface area contributed by atoms with Crippen LogP contribution in [-0.4, -0.2) is 67.6 Å². The van der Waals surface area contributed by atoms with E-state index in [1.165, 1.54) is 19.1 Å². The van der Waals surface area contributed by atoms with Crippen molar-refractivity contribution in [2.45, 2.75) is 14.8 Å². The number of nitrogens with zero attached hydrogens (tertiary/aromatic N) is 3. The zero-order valence-corrected chi connectivity index (χ0v) is 13.0. The van der Waals surface area contributed by atoms with Gasteiger partial charge < -0.3 is 0 Å². The summed E-state index contributed by atoms with van der Waals surface area (Å²) in [6.07, 6.45) is 0. The molecule has 0 spiro atoms. The third kappa shape index (κ3) is 1.06. The van der Waals surface area contributed by atoms with Gasteiger partial charge in [-0.05, 0) is 0 Å². The summed E-state index contributed by atoms with van der Waals surface area (Å²) >= 11 is 6.40. The minimum Gasteiger partial charge on any atom is -0.293 e. The molecular formula is C9H8Br2N4O4. The van der Waals surface area contributed by atoms with Crippen LogP contribution in [0.25, 0.3) is 0 Å². The quantitative estimate of drug-likeness (QED) is 0.322. The number of likely N-dealkylation sites (N-methyl/N-ethyl adjacent to an activating group) is 1. The van der Waals surface area contributed by atoms with Crippen molar-refractivity contribution in [3.63, 3.8) is 0 Å². The highest BCUT2D eigenvalue weighted by atomic mass is 79.9. The first-order valence-electron chi connectivity index (χ1n) is 5.27. The molecule has 10 heteroatoms. The van der Waals surface area contributed by atoms with Gasteiger partial charge in [-0.15, -0.1) is 0 Å². The Hall–Kier alpha value is -1.00. The van der Waals surface area contributed by atoms with Crippen LogP contribution in [-0.2, 0) is 14.4 Å². The second kappa shape index (κ2) is 3.36. The van der Waals surface area contributed by atoms with E-state index in [0.717, 1.165) is 9.91 Å². The number of hydrogen-bond donors (Lipinski definition) is 1. The highest BCUT2D eigenvalue weighted by molar-refractivity contribution is 9.13. The first kappa shape index (κ1) is 13.0. The second-order valence-electron chi connectivity index (χ2n) is 4.57. The maximum atomic E-state index is 12.2. The van der Waals surface area contributed by atoms with Crippen molar-refractivity contribution in [1.82, 2.24) is 20.2 Å². The summed E-state index contributed by atoms with van der Waals surface area (Å²) in [5.74, 6) is -1.75. The highest BCUT2D eigenvalue weighted by Crippen LogP contribution is 2.60. The van der Waals surface area contributed by atoms with Gasteiger partial charge in [0.2, 0.25) is 10.4 Å². The molecule has 3 aliphatic rings. The molecule has 8 nitrogen and oxygen atoms in total. The van der Waals surface area contributed by atoms with Crippen LogP contribution in [0.15, 0.2) is 0 Å². The second-order valence-corrected chi connectivity index (χ2v) is 6.97. The number of hydrogen-bond acceptors (Lipinski definition) is 5. The number of halogens is 2. The van der Waals surface area contributed by atoms with Crippen molar-refractivity contribution in [2.24, 2.45) is 0 Å². The number of nitrogens with one attached hydrogen (secondary N) is 1. The summed E-state index contributed by atoms with van der Waals surface area (Å²) in [5.41, 5.74) is 0. The monoisotopic (exact) mass is 394 g/mol. The molecule has 19 heavy (non-hydrogen) atoms. The van der Waals surface area contributed by atoms with Gasteiger partial charge in [0.15, 0.2) is 4.32 Å². The van der Waals surface area contributed by atoms with Gasteiger partial charge in [-0.25, -0.2) is 4.79 Å². The fourth-order valence-electron chi connectivity index (χ4n) is 2.69. The Kier molecular flexibility index (Phi) is 2.30. The number of amides is 5. The van der Waals surface area contributed by atoms with Crippen molar-refractivity contribution in [1.29, 1.82) is 0 Å². The number of carbonyl (C=O) groups is 4. The molecule has 5 amide bonds. The predicted octanol–water partition coefficient (Wildman–Crippen LogP) is -1.01. The Balaban J connectivity index is 2.17. The molecule has 3 heterocycles. The van der Waals surface area contributed by atoms with Gasteiger partial charge in [-0.3, -0.25) is 29.6 Å². The lowest BCUT2D eigenvalue weighted by Gasteiger charge is -2.63. The standard InChI is InChI=1S/C9H8Br2N4O4/c1-13-4(16)3-8(10)5(17)12-6(18)9(8,11)15(3)14(2)7(13)19/h3H,1-2H3,(H,12,17,18)/t3-,8-,9-/m0/s1. The van der Waals surface area contributed by atoms with Crippen LogP contribution in [0.5, 0.6) is 0 Å². The molecule has 0 radical (unpaired) electrons. The third-order valence-electron chi connectivity index (χ3n) is 3.73. The average Bonchev–Trinajstić information content (AvgIpc) is 2.49. The highest BCUT2D eigenvalue weighted by Gasteiger charge is 2.85. The Morgan fingerprint density at radius 3 is 2.26 bits per heavy atom. The normalized spacial score (nSPS) is 42.0. The number of hydrazine groups is 1. The van der Waals surface area contributed by atoms with Crippen LogP contribution in [0.4, 0.5) is 4.79 Å². The van der Waals surface area contributed by atoms with Gasteiger partial charge >= 0.3 is 6.03 Å². The van der Waals surface area contributed by atoms with Crippen molar-refractivity contribution >= 4 is 55.6 Å². The topological polar surface area (TPSA) is 90.0 Å². The average molecular weight is 396 g/mol. The zero-order chi connectivity index (χ0) is 14.3. The van der Waals surface area contributed by atoms with E-state index in [1.807, 2.05) is 0 Å². The molecule has 0 bridgehead atoms. The lowest BCUT2D eigenvalue weighted by molar-refractivity contribution is -0.193. The fourth-order valence-corrected chi connectivity index (χ4v) is 4.48. The van der Waals surface area contributed by atoms with E-state index in [2.05, 4.69) is 37.2 Å². The predicted molar refractivity (Wildman–Crippen MR) is 68.0 cm³/mol. The number of rotatable bonds is 0. The molecule has 0 aromatic heterocycles. The molecule has 102 valence electrons. The zero-order valence-electron chi connectivity index (χ0n) is 9.81. The van der Waals surface area contributed by atoms with Crippen LogP contribution < -0.4 is 5.32 Å². The van der Waals surface area contributed by atoms with Crippen molar-refractivity contribution in [2.75, 3.05) is 14.1 Å². The van der Waals surface area contributed by atoms with E-state index >= 15 is 0 Å². The number of alkyl halides is 2. The molecule has 3 aliphatic heterocycles. The Morgan fingerprint density at radius 1 is 1.11 bits per heavy atom. The summed E-state index contributed by atoms with van der Waals surface area (Å²) in [6, 6.07) is -1.52. The van der Waals surface area contributed by atoms with Crippen molar-refractivity contribution in [3.05, 3.63) is 0 Å². The first-order valence-corrected chi connectivity index (χ1v) is 6.85. The number of imide groups is 2. The Bertz CT molecular complexity index is 568.